The summed E-state index contributed by atoms with van der Waals surface area (Å²) in [6.45, 7) is 0. The fourth-order valence-electron chi connectivity index (χ4n) is 3.44. The van der Waals surface area contributed by atoms with E-state index in [1.165, 1.54) is 23.9 Å². The number of nitrogens with one attached hydrogen (secondary N) is 1. The van der Waals surface area contributed by atoms with Crippen LogP contribution >= 0.6 is 11.8 Å². The molecule has 29 heavy (non-hydrogen) atoms. The first-order valence-corrected chi connectivity index (χ1v) is 10.2. The van der Waals surface area contributed by atoms with Crippen molar-refractivity contribution in [1.82, 2.24) is 5.32 Å². The molecule has 0 fully saturated rings. The molecule has 0 saturated heterocycles. The van der Waals surface area contributed by atoms with Gasteiger partial charge in [-0.2, -0.15) is 13.2 Å². The van der Waals surface area contributed by atoms with Crippen LogP contribution in [0.5, 0.6) is 0 Å². The van der Waals surface area contributed by atoms with E-state index in [1.54, 1.807) is 6.07 Å². The predicted octanol–water partition coefficient (Wildman–Crippen LogP) is 6.38. The molecule has 2 nitrogen and oxygen atoms in total. The Balaban J connectivity index is 1.57. The van der Waals surface area contributed by atoms with Crippen LogP contribution in [-0.2, 0) is 11.9 Å². The highest BCUT2D eigenvalue weighted by Crippen LogP contribution is 2.39. The van der Waals surface area contributed by atoms with Crippen molar-refractivity contribution < 1.29 is 13.2 Å². The molecule has 1 aliphatic rings. The zero-order valence-corrected chi connectivity index (χ0v) is 16.3. The number of nitrogens with zero attached hydrogens (tertiary/aromatic N) is 1. The van der Waals surface area contributed by atoms with E-state index in [2.05, 4.69) is 5.32 Å². The second-order valence-electron chi connectivity index (χ2n) is 6.77. The lowest BCUT2D eigenvalue weighted by molar-refractivity contribution is -0.138. The Morgan fingerprint density at radius 3 is 2.03 bits per heavy atom. The number of hydrogen-bond donors (Lipinski definition) is 1. The number of amidine groups is 1. The summed E-state index contributed by atoms with van der Waals surface area (Å²) in [6, 6.07) is 25.4. The zero-order chi connectivity index (χ0) is 20.3. The Morgan fingerprint density at radius 1 is 0.793 bits per heavy atom. The van der Waals surface area contributed by atoms with Crippen LogP contribution in [0.2, 0.25) is 0 Å². The van der Waals surface area contributed by atoms with E-state index in [4.69, 9.17) is 4.99 Å². The van der Waals surface area contributed by atoms with Gasteiger partial charge in [-0.3, -0.25) is 4.99 Å². The fraction of sp³-hybridized carbons (Fsp3) is 0.174. The molecule has 0 radical (unpaired) electrons. The number of aliphatic imine (C=N–C) groups is 1. The average Bonchev–Trinajstić information content (AvgIpc) is 3.17. The van der Waals surface area contributed by atoms with Crippen LogP contribution in [0.4, 0.5) is 13.2 Å². The molecule has 0 bridgehead atoms. The molecule has 1 aliphatic heterocycles. The monoisotopic (exact) mass is 412 g/mol. The van der Waals surface area contributed by atoms with Crippen molar-refractivity contribution in [3.63, 3.8) is 0 Å². The third-order valence-electron chi connectivity index (χ3n) is 4.84. The van der Waals surface area contributed by atoms with Gasteiger partial charge in [-0.05, 0) is 22.8 Å². The van der Waals surface area contributed by atoms with Crippen LogP contribution in [0, 0.1) is 0 Å². The van der Waals surface area contributed by atoms with Gasteiger partial charge in [0.1, 0.15) is 6.04 Å². The topological polar surface area (TPSA) is 24.4 Å². The highest BCUT2D eigenvalue weighted by Gasteiger charge is 2.34. The van der Waals surface area contributed by atoms with Crippen molar-refractivity contribution in [2.45, 2.75) is 24.0 Å². The standard InChI is InChI=1S/C23H19F3N2S/c24-23(25,26)19-14-8-7-13-18(19)15-29-22-27-20(16-9-3-1-4-10-16)21(28-22)17-11-5-2-6-12-17/h1-14,20-21H,15H2,(H,27,28)/t20-,21?/m0/s1. The van der Waals surface area contributed by atoms with Gasteiger partial charge in [0.15, 0.2) is 5.17 Å². The summed E-state index contributed by atoms with van der Waals surface area (Å²) in [4.78, 5) is 4.81. The predicted molar refractivity (Wildman–Crippen MR) is 112 cm³/mol. The lowest BCUT2D eigenvalue weighted by Crippen LogP contribution is -2.22. The van der Waals surface area contributed by atoms with E-state index in [1.807, 2.05) is 60.7 Å². The molecule has 2 atom stereocenters. The summed E-state index contributed by atoms with van der Waals surface area (Å²) >= 11 is 1.30. The van der Waals surface area contributed by atoms with E-state index in [-0.39, 0.29) is 23.4 Å². The summed E-state index contributed by atoms with van der Waals surface area (Å²) in [7, 11) is 0. The van der Waals surface area contributed by atoms with Gasteiger partial charge in [-0.25, -0.2) is 0 Å². The molecule has 0 aromatic heterocycles. The van der Waals surface area contributed by atoms with E-state index >= 15 is 0 Å². The van der Waals surface area contributed by atoms with Crippen molar-refractivity contribution in [3.8, 4) is 0 Å². The van der Waals surface area contributed by atoms with Crippen LogP contribution in [0.25, 0.3) is 0 Å². The maximum Gasteiger partial charge on any atom is 0.416 e. The lowest BCUT2D eigenvalue weighted by atomic mass is 9.95. The maximum atomic E-state index is 13.3. The van der Waals surface area contributed by atoms with E-state index in [0.29, 0.717) is 5.17 Å². The number of hydrogen-bond acceptors (Lipinski definition) is 3. The highest BCUT2D eigenvalue weighted by molar-refractivity contribution is 8.13. The number of halogens is 3. The molecule has 0 aliphatic carbocycles. The van der Waals surface area contributed by atoms with Gasteiger partial charge in [-0.15, -0.1) is 0 Å². The third kappa shape index (κ3) is 4.48. The Morgan fingerprint density at radius 2 is 1.38 bits per heavy atom. The second-order valence-corrected chi connectivity index (χ2v) is 7.73. The molecule has 6 heteroatoms. The van der Waals surface area contributed by atoms with E-state index < -0.39 is 11.7 Å². The van der Waals surface area contributed by atoms with Crippen LogP contribution in [0.15, 0.2) is 89.9 Å². The number of rotatable bonds is 4. The molecule has 3 aromatic carbocycles. The molecule has 148 valence electrons. The Bertz CT molecular complexity index is 988. The highest BCUT2D eigenvalue weighted by atomic mass is 32.2. The van der Waals surface area contributed by atoms with Gasteiger partial charge in [0, 0.05) is 5.75 Å². The van der Waals surface area contributed by atoms with Gasteiger partial charge >= 0.3 is 6.18 Å². The first-order chi connectivity index (χ1) is 14.0. The van der Waals surface area contributed by atoms with Crippen LogP contribution in [0.3, 0.4) is 0 Å². The Hall–Kier alpha value is -2.73. The second kappa shape index (κ2) is 8.33. The quantitative estimate of drug-likeness (QED) is 0.538. The van der Waals surface area contributed by atoms with Crippen LogP contribution in [-0.4, -0.2) is 5.17 Å². The maximum absolute atomic E-state index is 13.3. The molecular formula is C23H19F3N2S. The number of thioether (sulfide) groups is 1. The minimum atomic E-state index is -4.36. The fourth-order valence-corrected chi connectivity index (χ4v) is 4.38. The molecule has 1 N–H and O–H groups in total. The van der Waals surface area contributed by atoms with Crippen molar-refractivity contribution in [3.05, 3.63) is 107 Å². The summed E-state index contributed by atoms with van der Waals surface area (Å²) in [5.41, 5.74) is 1.83. The Kier molecular flexibility index (Phi) is 5.62. The average molecular weight is 412 g/mol. The molecule has 4 rings (SSSR count). The van der Waals surface area contributed by atoms with E-state index in [0.717, 1.165) is 17.2 Å². The van der Waals surface area contributed by atoms with Crippen molar-refractivity contribution in [2.24, 2.45) is 4.99 Å². The van der Waals surface area contributed by atoms with Crippen molar-refractivity contribution in [2.75, 3.05) is 0 Å². The summed E-state index contributed by atoms with van der Waals surface area (Å²) in [5, 5.41) is 4.07. The number of alkyl halides is 3. The number of benzene rings is 3. The summed E-state index contributed by atoms with van der Waals surface area (Å²) in [6.07, 6.45) is -4.36. The first-order valence-electron chi connectivity index (χ1n) is 9.24. The van der Waals surface area contributed by atoms with Gasteiger partial charge in [0.25, 0.3) is 0 Å². The van der Waals surface area contributed by atoms with Crippen molar-refractivity contribution in [1.29, 1.82) is 0 Å². The third-order valence-corrected chi connectivity index (χ3v) is 5.79. The first kappa shape index (κ1) is 19.6. The molecule has 0 saturated carbocycles. The molecular weight excluding hydrogens is 393 g/mol. The molecule has 1 heterocycles. The smallest absolute Gasteiger partial charge is 0.356 e. The lowest BCUT2D eigenvalue weighted by Gasteiger charge is -2.19. The van der Waals surface area contributed by atoms with Crippen LogP contribution in [0.1, 0.15) is 34.3 Å². The van der Waals surface area contributed by atoms with Crippen molar-refractivity contribution >= 4 is 16.9 Å². The SMILES string of the molecule is FC(F)(F)c1ccccc1CSC1=N[C@@H](c2ccccc2)C(c2ccccc2)N1. The van der Waals surface area contributed by atoms with Gasteiger partial charge in [0.05, 0.1) is 11.6 Å². The van der Waals surface area contributed by atoms with Crippen LogP contribution < -0.4 is 5.32 Å². The molecule has 1 unspecified atom stereocenters. The largest absolute Gasteiger partial charge is 0.416 e. The van der Waals surface area contributed by atoms with E-state index in [9.17, 15) is 13.2 Å². The Labute approximate surface area is 171 Å². The summed E-state index contributed by atoms with van der Waals surface area (Å²) in [5.74, 6) is 0.199. The van der Waals surface area contributed by atoms with Gasteiger partial charge in [0.2, 0.25) is 0 Å². The molecule has 0 spiro atoms. The summed E-state index contributed by atoms with van der Waals surface area (Å²) < 4.78 is 39.8. The van der Waals surface area contributed by atoms with Gasteiger partial charge in [-0.1, -0.05) is 90.6 Å². The molecule has 3 aromatic rings. The minimum Gasteiger partial charge on any atom is -0.356 e. The normalized spacial score (nSPS) is 18.9. The molecule has 0 amide bonds. The van der Waals surface area contributed by atoms with Gasteiger partial charge < -0.3 is 5.32 Å². The minimum absolute atomic E-state index is 0.0565. The zero-order valence-electron chi connectivity index (χ0n) is 15.4.